The van der Waals surface area contributed by atoms with E-state index in [1.54, 1.807) is 6.92 Å². The average Bonchev–Trinajstić information content (AvgIpc) is 3.19. The van der Waals surface area contributed by atoms with Crippen molar-refractivity contribution in [3.05, 3.63) is 0 Å². The maximum atomic E-state index is 12.2. The number of ether oxygens (including phenoxy) is 7. The van der Waals surface area contributed by atoms with Gasteiger partial charge in [-0.25, -0.2) is 0 Å². The molecule has 3 rings (SSSR count). The molecule has 0 aromatic carbocycles. The molecule has 3 N–H and O–H groups in total. The first-order valence-corrected chi connectivity index (χ1v) is 11.6. The van der Waals surface area contributed by atoms with Crippen molar-refractivity contribution in [1.82, 2.24) is 5.32 Å². The van der Waals surface area contributed by atoms with E-state index < -0.39 is 54.6 Å². The maximum absolute atomic E-state index is 12.2. The Balaban J connectivity index is 1.95. The monoisotopic (exact) mass is 477 g/mol. The minimum Gasteiger partial charge on any atom is -0.394 e. The normalized spacial score (nSPS) is 37.2. The Kier molecular flexibility index (Phi) is 9.47. The maximum Gasteiger partial charge on any atom is 0.217 e. The highest BCUT2D eigenvalue weighted by Gasteiger charge is 2.60. The summed E-state index contributed by atoms with van der Waals surface area (Å²) in [7, 11) is 2.96. The van der Waals surface area contributed by atoms with Crippen LogP contribution in [0, 0.1) is 0 Å². The van der Waals surface area contributed by atoms with Gasteiger partial charge in [0.2, 0.25) is 5.91 Å². The highest BCUT2D eigenvalue weighted by atomic mass is 16.8. The summed E-state index contributed by atoms with van der Waals surface area (Å²) in [5.41, 5.74) is -1.27. The molecule has 3 aliphatic rings. The van der Waals surface area contributed by atoms with Crippen LogP contribution in [0.15, 0.2) is 0 Å². The number of hydrogen-bond acceptors (Lipinski definition) is 10. The Hall–Kier alpha value is -0.890. The molecule has 11 nitrogen and oxygen atoms in total. The molecule has 7 atom stereocenters. The third-order valence-electron chi connectivity index (χ3n) is 6.75. The van der Waals surface area contributed by atoms with E-state index in [1.165, 1.54) is 21.1 Å². The second-order valence-corrected chi connectivity index (χ2v) is 9.16. The minimum absolute atomic E-state index is 0.0563. The van der Waals surface area contributed by atoms with Gasteiger partial charge < -0.3 is 48.7 Å². The number of amides is 1. The minimum atomic E-state index is -1.27. The van der Waals surface area contributed by atoms with E-state index in [4.69, 9.17) is 33.2 Å². The third-order valence-corrected chi connectivity index (χ3v) is 6.75. The van der Waals surface area contributed by atoms with E-state index in [0.717, 1.165) is 32.1 Å². The lowest BCUT2D eigenvalue weighted by molar-refractivity contribution is -0.302. The van der Waals surface area contributed by atoms with Gasteiger partial charge in [0, 0.05) is 34.0 Å². The second kappa shape index (κ2) is 11.7. The van der Waals surface area contributed by atoms with E-state index in [2.05, 4.69) is 5.32 Å². The van der Waals surface area contributed by atoms with Crippen molar-refractivity contribution in [2.24, 2.45) is 0 Å². The molecule has 1 saturated carbocycles. The molecule has 1 spiro atoms. The molecule has 0 unspecified atom stereocenters. The molecule has 1 aliphatic carbocycles. The first-order valence-electron chi connectivity index (χ1n) is 11.6. The number of hydrogen-bond donors (Lipinski definition) is 3. The number of aliphatic hydroxyl groups excluding tert-OH is 2. The molecule has 1 amide bonds. The van der Waals surface area contributed by atoms with Crippen molar-refractivity contribution < 1.29 is 48.2 Å². The molecular weight excluding hydrogens is 438 g/mol. The molecule has 0 aromatic rings. The largest absolute Gasteiger partial charge is 0.394 e. The molecule has 2 saturated heterocycles. The van der Waals surface area contributed by atoms with Crippen LogP contribution in [0.5, 0.6) is 0 Å². The van der Waals surface area contributed by atoms with Gasteiger partial charge in [-0.2, -0.15) is 0 Å². The van der Waals surface area contributed by atoms with E-state index in [1.807, 2.05) is 0 Å². The van der Waals surface area contributed by atoms with Gasteiger partial charge in [0.05, 0.1) is 19.3 Å². The topological polar surface area (TPSA) is 134 Å². The van der Waals surface area contributed by atoms with Gasteiger partial charge in [0.25, 0.3) is 0 Å². The van der Waals surface area contributed by atoms with Crippen LogP contribution in [-0.4, -0.2) is 105 Å². The van der Waals surface area contributed by atoms with E-state index in [-0.39, 0.29) is 26.1 Å². The molecule has 2 heterocycles. The summed E-state index contributed by atoms with van der Waals surface area (Å²) in [6.07, 6.45) is 0.324. The van der Waals surface area contributed by atoms with Crippen LogP contribution in [-0.2, 0) is 38.0 Å². The van der Waals surface area contributed by atoms with Gasteiger partial charge in [-0.1, -0.05) is 6.42 Å². The van der Waals surface area contributed by atoms with Crippen LogP contribution < -0.4 is 5.32 Å². The van der Waals surface area contributed by atoms with Crippen LogP contribution in [0.3, 0.4) is 0 Å². The molecule has 2 aliphatic heterocycles. The lowest BCUT2D eigenvalue weighted by Crippen LogP contribution is -2.74. The van der Waals surface area contributed by atoms with Crippen molar-refractivity contribution in [2.45, 2.75) is 93.9 Å². The fourth-order valence-corrected chi connectivity index (χ4v) is 5.24. The standard InChI is InChI=1S/C22H39NO10/c1-14(25)23-19-18(29-12-27-3)17(26)15(10-24)32-21(19,2)20(30-13-28-4)16-11-31-22(33-16)8-6-5-7-9-22/h15-20,24,26H,5-13H2,1-4H3,(H,23,25)/t15-,16-,17-,18+,19-,20-,21-/m1/s1. The van der Waals surface area contributed by atoms with Crippen molar-refractivity contribution in [3.8, 4) is 0 Å². The smallest absolute Gasteiger partial charge is 0.217 e. The first kappa shape index (κ1) is 26.7. The summed E-state index contributed by atoms with van der Waals surface area (Å²) in [6, 6.07) is -0.851. The predicted octanol–water partition coefficient (Wildman–Crippen LogP) is 0.0558. The molecule has 33 heavy (non-hydrogen) atoms. The van der Waals surface area contributed by atoms with Crippen LogP contribution in [0.4, 0.5) is 0 Å². The number of methoxy groups -OCH3 is 2. The Bertz CT molecular complexity index is 630. The molecule has 0 aromatic heterocycles. The van der Waals surface area contributed by atoms with Crippen molar-refractivity contribution in [2.75, 3.05) is 41.0 Å². The summed E-state index contributed by atoms with van der Waals surface area (Å²) in [4.78, 5) is 12.2. The zero-order chi connectivity index (χ0) is 24.1. The van der Waals surface area contributed by atoms with E-state index in [0.29, 0.717) is 0 Å². The highest BCUT2D eigenvalue weighted by molar-refractivity contribution is 5.73. The van der Waals surface area contributed by atoms with Crippen LogP contribution in [0.1, 0.15) is 46.0 Å². The molecule has 0 radical (unpaired) electrons. The Morgan fingerprint density at radius 2 is 1.85 bits per heavy atom. The average molecular weight is 478 g/mol. The fraction of sp³-hybridized carbons (Fsp3) is 0.955. The Morgan fingerprint density at radius 3 is 2.45 bits per heavy atom. The number of rotatable bonds is 10. The van der Waals surface area contributed by atoms with E-state index >= 15 is 0 Å². The van der Waals surface area contributed by atoms with Gasteiger partial charge in [-0.15, -0.1) is 0 Å². The number of carbonyl (C=O) groups excluding carboxylic acids is 1. The van der Waals surface area contributed by atoms with Gasteiger partial charge in [0.1, 0.15) is 49.7 Å². The lowest BCUT2D eigenvalue weighted by Gasteiger charge is -2.53. The molecule has 192 valence electrons. The van der Waals surface area contributed by atoms with Crippen molar-refractivity contribution >= 4 is 5.91 Å². The van der Waals surface area contributed by atoms with Crippen LogP contribution >= 0.6 is 0 Å². The quantitative estimate of drug-likeness (QED) is 0.371. The summed E-state index contributed by atoms with van der Waals surface area (Å²) in [5, 5.41) is 23.7. The zero-order valence-electron chi connectivity index (χ0n) is 20.0. The van der Waals surface area contributed by atoms with Crippen molar-refractivity contribution in [3.63, 3.8) is 0 Å². The zero-order valence-corrected chi connectivity index (χ0v) is 20.0. The van der Waals surface area contributed by atoms with Crippen molar-refractivity contribution in [1.29, 1.82) is 0 Å². The second-order valence-electron chi connectivity index (χ2n) is 9.16. The summed E-state index contributed by atoms with van der Waals surface area (Å²) in [6.45, 7) is 2.76. The number of nitrogens with one attached hydrogen (secondary N) is 1. The van der Waals surface area contributed by atoms with E-state index in [9.17, 15) is 15.0 Å². The summed E-state index contributed by atoms with van der Waals surface area (Å²) >= 11 is 0. The summed E-state index contributed by atoms with van der Waals surface area (Å²) < 4.78 is 40.9. The SMILES string of the molecule is COCO[C@H]1[C@H](O)[C@@H](CO)O[C@@](C)([C@H](OCOC)[C@H]2COC3(CCCCC3)O2)[C@@H]1NC(C)=O. The number of aliphatic hydroxyl groups is 2. The third kappa shape index (κ3) is 5.85. The van der Waals surface area contributed by atoms with Gasteiger partial charge >= 0.3 is 0 Å². The first-order chi connectivity index (χ1) is 15.8. The fourth-order valence-electron chi connectivity index (χ4n) is 5.24. The van der Waals surface area contributed by atoms with Crippen LogP contribution in [0.25, 0.3) is 0 Å². The molecule has 0 bridgehead atoms. The van der Waals surface area contributed by atoms with Gasteiger partial charge in [-0.3, -0.25) is 4.79 Å². The highest BCUT2D eigenvalue weighted by Crippen LogP contribution is 2.43. The van der Waals surface area contributed by atoms with Gasteiger partial charge in [0.15, 0.2) is 5.79 Å². The molecule has 3 fully saturated rings. The lowest BCUT2D eigenvalue weighted by atomic mass is 9.78. The molecular formula is C22H39NO10. The van der Waals surface area contributed by atoms with Gasteiger partial charge in [-0.05, 0) is 19.8 Å². The van der Waals surface area contributed by atoms with Crippen LogP contribution in [0.2, 0.25) is 0 Å². The Morgan fingerprint density at radius 1 is 1.15 bits per heavy atom. The predicted molar refractivity (Wildman–Crippen MR) is 114 cm³/mol. The Labute approximate surface area is 194 Å². The summed E-state index contributed by atoms with van der Waals surface area (Å²) in [5.74, 6) is -0.998. The number of carbonyl (C=O) groups is 1. The molecule has 11 heteroatoms.